The van der Waals surface area contributed by atoms with E-state index in [1.807, 2.05) is 34.7 Å². The van der Waals surface area contributed by atoms with Crippen LogP contribution in [0.1, 0.15) is 37.6 Å². The summed E-state index contributed by atoms with van der Waals surface area (Å²) in [7, 11) is 1.97. The van der Waals surface area contributed by atoms with E-state index in [1.54, 1.807) is 0 Å². The van der Waals surface area contributed by atoms with Crippen LogP contribution in [-0.2, 0) is 18.3 Å². The number of aromatic nitrogens is 3. The van der Waals surface area contributed by atoms with Gasteiger partial charge in [0.2, 0.25) is 5.91 Å². The van der Waals surface area contributed by atoms with Crippen LogP contribution in [-0.4, -0.2) is 43.9 Å². The Morgan fingerprint density at radius 1 is 1.25 bits per heavy atom. The van der Waals surface area contributed by atoms with Crippen LogP contribution in [0.15, 0.2) is 35.5 Å². The maximum absolute atomic E-state index is 12.4. The smallest absolute Gasteiger partial charge is 0.233 e. The number of hydrogen-bond acceptors (Lipinski definition) is 4. The Morgan fingerprint density at radius 3 is 2.79 bits per heavy atom. The van der Waals surface area contributed by atoms with E-state index in [0.29, 0.717) is 11.8 Å². The van der Waals surface area contributed by atoms with Crippen LogP contribution in [0.5, 0.6) is 0 Å². The van der Waals surface area contributed by atoms with Crippen LogP contribution in [0.2, 0.25) is 0 Å². The lowest BCUT2D eigenvalue weighted by Gasteiger charge is -2.33. The number of piperidine rings is 1. The van der Waals surface area contributed by atoms with Crippen molar-refractivity contribution in [2.75, 3.05) is 12.3 Å². The van der Waals surface area contributed by atoms with E-state index in [1.165, 1.54) is 23.7 Å². The summed E-state index contributed by atoms with van der Waals surface area (Å²) in [5.41, 5.74) is 1.21. The van der Waals surface area contributed by atoms with Crippen molar-refractivity contribution in [1.29, 1.82) is 0 Å². The molecular weight excluding hydrogens is 320 g/mol. The fourth-order valence-electron chi connectivity index (χ4n) is 3.08. The topological polar surface area (TPSA) is 51.0 Å². The standard InChI is InChI=1S/C18H24N4OS/c1-14-8-6-7-11-22(14)17(23)13-24-18-20-19-16(21(18)2)12-15-9-4-3-5-10-15/h3-5,9-10,14H,6-8,11-13H2,1-2H3/t14-/m0/s1. The van der Waals surface area contributed by atoms with Crippen LogP contribution >= 0.6 is 11.8 Å². The molecule has 0 spiro atoms. The van der Waals surface area contributed by atoms with Gasteiger partial charge in [0.05, 0.1) is 5.75 Å². The molecule has 1 aromatic carbocycles. The lowest BCUT2D eigenvalue weighted by molar-refractivity contribution is -0.131. The minimum Gasteiger partial charge on any atom is -0.339 e. The molecule has 0 unspecified atom stereocenters. The monoisotopic (exact) mass is 344 g/mol. The molecule has 0 N–H and O–H groups in total. The predicted molar refractivity (Wildman–Crippen MR) is 96.0 cm³/mol. The third kappa shape index (κ3) is 3.98. The molecule has 1 aliphatic heterocycles. The summed E-state index contributed by atoms with van der Waals surface area (Å²) in [6.07, 6.45) is 4.21. The van der Waals surface area contributed by atoms with Crippen molar-refractivity contribution in [3.8, 4) is 0 Å². The Bertz CT molecular complexity index is 686. The highest BCUT2D eigenvalue weighted by atomic mass is 32.2. The normalized spacial score (nSPS) is 17.9. The second-order valence-electron chi connectivity index (χ2n) is 6.34. The number of amides is 1. The first kappa shape index (κ1) is 17.0. The summed E-state index contributed by atoms with van der Waals surface area (Å²) in [6, 6.07) is 10.6. The number of carbonyl (C=O) groups is 1. The molecule has 24 heavy (non-hydrogen) atoms. The Balaban J connectivity index is 1.59. The molecule has 1 atom stereocenters. The van der Waals surface area contributed by atoms with Gasteiger partial charge in [-0.15, -0.1) is 10.2 Å². The van der Waals surface area contributed by atoms with E-state index < -0.39 is 0 Å². The molecule has 2 aromatic rings. The average Bonchev–Trinajstić information content (AvgIpc) is 2.94. The Kier molecular flexibility index (Phi) is 5.56. The number of hydrogen-bond donors (Lipinski definition) is 0. The highest BCUT2D eigenvalue weighted by molar-refractivity contribution is 7.99. The molecule has 1 aromatic heterocycles. The Labute approximate surface area is 147 Å². The van der Waals surface area contributed by atoms with Crippen LogP contribution in [0, 0.1) is 0 Å². The SMILES string of the molecule is C[C@H]1CCCCN1C(=O)CSc1nnc(Cc2ccccc2)n1C. The lowest BCUT2D eigenvalue weighted by atomic mass is 10.0. The molecule has 5 nitrogen and oxygen atoms in total. The van der Waals surface area contributed by atoms with Gasteiger partial charge in [-0.05, 0) is 31.7 Å². The van der Waals surface area contributed by atoms with E-state index in [9.17, 15) is 4.79 Å². The molecule has 0 saturated carbocycles. The van der Waals surface area contributed by atoms with Crippen molar-refractivity contribution in [3.05, 3.63) is 41.7 Å². The first-order valence-electron chi connectivity index (χ1n) is 8.49. The van der Waals surface area contributed by atoms with Crippen molar-refractivity contribution < 1.29 is 4.79 Å². The maximum Gasteiger partial charge on any atom is 0.233 e. The zero-order valence-electron chi connectivity index (χ0n) is 14.3. The molecule has 2 heterocycles. The number of benzene rings is 1. The van der Waals surface area contributed by atoms with Crippen LogP contribution < -0.4 is 0 Å². The van der Waals surface area contributed by atoms with Gasteiger partial charge in [-0.2, -0.15) is 0 Å². The third-order valence-electron chi connectivity index (χ3n) is 4.58. The van der Waals surface area contributed by atoms with E-state index in [2.05, 4.69) is 29.3 Å². The van der Waals surface area contributed by atoms with E-state index in [-0.39, 0.29) is 5.91 Å². The van der Waals surface area contributed by atoms with Gasteiger partial charge in [0.15, 0.2) is 5.16 Å². The second-order valence-corrected chi connectivity index (χ2v) is 7.28. The van der Waals surface area contributed by atoms with E-state index in [0.717, 1.165) is 36.8 Å². The molecule has 1 fully saturated rings. The van der Waals surface area contributed by atoms with Crippen molar-refractivity contribution in [1.82, 2.24) is 19.7 Å². The van der Waals surface area contributed by atoms with Crippen molar-refractivity contribution in [2.45, 2.75) is 43.8 Å². The summed E-state index contributed by atoms with van der Waals surface area (Å²) >= 11 is 1.48. The summed E-state index contributed by atoms with van der Waals surface area (Å²) in [4.78, 5) is 14.5. The van der Waals surface area contributed by atoms with Gasteiger partial charge in [-0.25, -0.2) is 0 Å². The van der Waals surface area contributed by atoms with E-state index in [4.69, 9.17) is 0 Å². The largest absolute Gasteiger partial charge is 0.339 e. The zero-order valence-corrected chi connectivity index (χ0v) is 15.1. The quantitative estimate of drug-likeness (QED) is 0.783. The fraction of sp³-hybridized carbons (Fsp3) is 0.500. The molecule has 6 heteroatoms. The van der Waals surface area contributed by atoms with Crippen LogP contribution in [0.4, 0.5) is 0 Å². The van der Waals surface area contributed by atoms with Gasteiger partial charge >= 0.3 is 0 Å². The van der Waals surface area contributed by atoms with Gasteiger partial charge in [0.25, 0.3) is 0 Å². The lowest BCUT2D eigenvalue weighted by Crippen LogP contribution is -2.42. The van der Waals surface area contributed by atoms with Gasteiger partial charge in [0, 0.05) is 26.1 Å². The van der Waals surface area contributed by atoms with Crippen molar-refractivity contribution in [3.63, 3.8) is 0 Å². The Morgan fingerprint density at radius 2 is 2.04 bits per heavy atom. The van der Waals surface area contributed by atoms with Gasteiger partial charge in [-0.3, -0.25) is 4.79 Å². The van der Waals surface area contributed by atoms with Crippen LogP contribution in [0.3, 0.4) is 0 Å². The maximum atomic E-state index is 12.4. The molecule has 1 aliphatic rings. The summed E-state index contributed by atoms with van der Waals surface area (Å²) in [5.74, 6) is 1.56. The molecule has 128 valence electrons. The van der Waals surface area contributed by atoms with Crippen molar-refractivity contribution in [2.24, 2.45) is 7.05 Å². The molecule has 0 bridgehead atoms. The fourth-order valence-corrected chi connectivity index (χ4v) is 3.90. The zero-order chi connectivity index (χ0) is 16.9. The van der Waals surface area contributed by atoms with Crippen molar-refractivity contribution >= 4 is 17.7 Å². The molecule has 1 saturated heterocycles. The number of nitrogens with zero attached hydrogens (tertiary/aromatic N) is 4. The van der Waals surface area contributed by atoms with Gasteiger partial charge < -0.3 is 9.47 Å². The minimum absolute atomic E-state index is 0.208. The first-order chi connectivity index (χ1) is 11.6. The highest BCUT2D eigenvalue weighted by Gasteiger charge is 2.23. The second kappa shape index (κ2) is 7.83. The molecule has 3 rings (SSSR count). The Hall–Kier alpha value is -1.82. The number of carbonyl (C=O) groups excluding carboxylic acids is 1. The number of likely N-dealkylation sites (tertiary alicyclic amines) is 1. The number of thioether (sulfide) groups is 1. The number of rotatable bonds is 5. The molecule has 0 aliphatic carbocycles. The molecular formula is C18H24N4OS. The van der Waals surface area contributed by atoms with Crippen LogP contribution in [0.25, 0.3) is 0 Å². The predicted octanol–water partition coefficient (Wildman–Crippen LogP) is 2.90. The third-order valence-corrected chi connectivity index (χ3v) is 5.58. The summed E-state index contributed by atoms with van der Waals surface area (Å²) in [5, 5.41) is 9.34. The molecule has 0 radical (unpaired) electrons. The summed E-state index contributed by atoms with van der Waals surface area (Å²) in [6.45, 7) is 3.03. The van der Waals surface area contributed by atoms with E-state index >= 15 is 0 Å². The first-order valence-corrected chi connectivity index (χ1v) is 9.48. The average molecular weight is 344 g/mol. The van der Waals surface area contributed by atoms with Gasteiger partial charge in [0.1, 0.15) is 5.82 Å². The highest BCUT2D eigenvalue weighted by Crippen LogP contribution is 2.21. The minimum atomic E-state index is 0.208. The summed E-state index contributed by atoms with van der Waals surface area (Å²) < 4.78 is 1.99. The molecule has 1 amide bonds. The van der Waals surface area contributed by atoms with Gasteiger partial charge in [-0.1, -0.05) is 42.1 Å².